The number of hydrogen-bond donors (Lipinski definition) is 0. The SMILES string of the molecule is CCCOc1c2c(c(Oc3ccccc3)c3c(C(=O)OCC)c(C)oc13)C(=O)c1ccccc1C2=O. The number of para-hydroxylation sites is 1. The molecule has 0 bridgehead atoms. The summed E-state index contributed by atoms with van der Waals surface area (Å²) in [5.74, 6) is -0.529. The van der Waals surface area contributed by atoms with Crippen LogP contribution in [0.5, 0.6) is 17.2 Å². The quantitative estimate of drug-likeness (QED) is 0.251. The molecular formula is C29H24O7. The van der Waals surface area contributed by atoms with Crippen LogP contribution in [0.15, 0.2) is 59.0 Å². The summed E-state index contributed by atoms with van der Waals surface area (Å²) in [6, 6.07) is 15.5. The Morgan fingerprint density at radius 1 is 0.861 bits per heavy atom. The predicted molar refractivity (Wildman–Crippen MR) is 133 cm³/mol. The van der Waals surface area contributed by atoms with E-state index in [0.29, 0.717) is 12.2 Å². The molecule has 0 unspecified atom stereocenters. The zero-order valence-electron chi connectivity index (χ0n) is 20.2. The number of carbonyl (C=O) groups excluding carboxylic acids is 3. The molecule has 0 fully saturated rings. The summed E-state index contributed by atoms with van der Waals surface area (Å²) in [7, 11) is 0. The van der Waals surface area contributed by atoms with Crippen LogP contribution >= 0.6 is 0 Å². The third-order valence-corrected chi connectivity index (χ3v) is 5.99. The van der Waals surface area contributed by atoms with Gasteiger partial charge in [0.25, 0.3) is 0 Å². The molecule has 7 heteroatoms. The van der Waals surface area contributed by atoms with Crippen molar-refractivity contribution in [1.82, 2.24) is 0 Å². The van der Waals surface area contributed by atoms with E-state index < -0.39 is 11.8 Å². The lowest BCUT2D eigenvalue weighted by molar-refractivity contribution is 0.0526. The molecule has 0 amide bonds. The van der Waals surface area contributed by atoms with Crippen molar-refractivity contribution in [1.29, 1.82) is 0 Å². The van der Waals surface area contributed by atoms with Crippen molar-refractivity contribution in [2.75, 3.05) is 13.2 Å². The van der Waals surface area contributed by atoms with Crippen LogP contribution in [0.2, 0.25) is 0 Å². The van der Waals surface area contributed by atoms with Crippen LogP contribution in [0.4, 0.5) is 0 Å². The van der Waals surface area contributed by atoms with Gasteiger partial charge in [0.15, 0.2) is 28.6 Å². The first-order chi connectivity index (χ1) is 17.5. The summed E-state index contributed by atoms with van der Waals surface area (Å²) in [6.45, 7) is 5.68. The van der Waals surface area contributed by atoms with E-state index in [2.05, 4.69) is 0 Å². The molecule has 0 saturated heterocycles. The number of ketones is 2. The maximum atomic E-state index is 13.9. The van der Waals surface area contributed by atoms with Crippen LogP contribution in [-0.4, -0.2) is 30.7 Å². The first kappa shape index (κ1) is 23.4. The van der Waals surface area contributed by atoms with Gasteiger partial charge >= 0.3 is 5.97 Å². The minimum Gasteiger partial charge on any atom is -0.489 e. The lowest BCUT2D eigenvalue weighted by Crippen LogP contribution is -2.23. The molecule has 7 nitrogen and oxygen atoms in total. The number of furan rings is 1. The fourth-order valence-electron chi connectivity index (χ4n) is 4.47. The summed E-state index contributed by atoms with van der Waals surface area (Å²) >= 11 is 0. The first-order valence-corrected chi connectivity index (χ1v) is 11.8. The van der Waals surface area contributed by atoms with Crippen molar-refractivity contribution >= 4 is 28.5 Å². The Kier molecular flexibility index (Phi) is 6.06. The van der Waals surface area contributed by atoms with Gasteiger partial charge in [-0.05, 0) is 32.4 Å². The first-order valence-electron chi connectivity index (χ1n) is 11.8. The Morgan fingerprint density at radius 3 is 2.08 bits per heavy atom. The second-order valence-corrected chi connectivity index (χ2v) is 8.33. The number of esters is 1. The molecule has 5 rings (SSSR count). The summed E-state index contributed by atoms with van der Waals surface area (Å²) in [6.07, 6.45) is 0.654. The standard InChI is InChI=1S/C29H24O7/c1-4-15-34-27-22-21(24(30)18-13-9-10-14-19(18)25(22)31)26(36-17-11-7-6-8-12-17)23-20(29(32)33-5-2)16(3)35-28(23)27/h6-14H,4-5,15H2,1-3H3. The van der Waals surface area contributed by atoms with Gasteiger partial charge < -0.3 is 18.6 Å². The van der Waals surface area contributed by atoms with Gasteiger partial charge in [-0.2, -0.15) is 0 Å². The summed E-state index contributed by atoms with van der Waals surface area (Å²) in [5, 5.41) is 0.236. The van der Waals surface area contributed by atoms with Crippen LogP contribution in [0, 0.1) is 6.92 Å². The minimum absolute atomic E-state index is 0.0347. The van der Waals surface area contributed by atoms with Gasteiger partial charge in [-0.15, -0.1) is 0 Å². The Labute approximate surface area is 207 Å². The van der Waals surface area contributed by atoms with Gasteiger partial charge in [0.1, 0.15) is 17.1 Å². The van der Waals surface area contributed by atoms with Gasteiger partial charge in [-0.1, -0.05) is 49.4 Å². The zero-order valence-corrected chi connectivity index (χ0v) is 20.2. The monoisotopic (exact) mass is 484 g/mol. The molecule has 1 heterocycles. The molecule has 0 radical (unpaired) electrons. The summed E-state index contributed by atoms with van der Waals surface area (Å²) in [5.41, 5.74) is 0.916. The highest BCUT2D eigenvalue weighted by Crippen LogP contribution is 2.49. The van der Waals surface area contributed by atoms with Crippen LogP contribution in [0.25, 0.3) is 11.0 Å². The van der Waals surface area contributed by atoms with Gasteiger partial charge in [0.2, 0.25) is 0 Å². The fraction of sp³-hybridized carbons (Fsp3) is 0.207. The second kappa shape index (κ2) is 9.34. The smallest absolute Gasteiger partial charge is 0.342 e. The third-order valence-electron chi connectivity index (χ3n) is 5.99. The molecule has 182 valence electrons. The zero-order chi connectivity index (χ0) is 25.4. The molecule has 0 N–H and O–H groups in total. The van der Waals surface area contributed by atoms with Crippen LogP contribution in [0.3, 0.4) is 0 Å². The number of benzene rings is 3. The van der Waals surface area contributed by atoms with Gasteiger partial charge in [0.05, 0.1) is 29.7 Å². The second-order valence-electron chi connectivity index (χ2n) is 8.33. The number of carbonyl (C=O) groups is 3. The van der Waals surface area contributed by atoms with Crippen molar-refractivity contribution in [2.24, 2.45) is 0 Å². The van der Waals surface area contributed by atoms with Crippen molar-refractivity contribution in [3.05, 3.63) is 88.2 Å². The van der Waals surface area contributed by atoms with Crippen LogP contribution in [0.1, 0.15) is 68.2 Å². The lowest BCUT2D eigenvalue weighted by Gasteiger charge is -2.23. The largest absolute Gasteiger partial charge is 0.489 e. The average Bonchev–Trinajstić information content (AvgIpc) is 3.24. The third kappa shape index (κ3) is 3.64. The molecule has 0 saturated carbocycles. The Hall–Kier alpha value is -4.39. The van der Waals surface area contributed by atoms with E-state index in [1.807, 2.05) is 13.0 Å². The van der Waals surface area contributed by atoms with E-state index in [1.165, 1.54) is 0 Å². The normalized spacial score (nSPS) is 12.3. The fourth-order valence-corrected chi connectivity index (χ4v) is 4.47. The van der Waals surface area contributed by atoms with E-state index in [4.69, 9.17) is 18.6 Å². The number of hydrogen-bond acceptors (Lipinski definition) is 7. The maximum Gasteiger partial charge on any atom is 0.342 e. The molecule has 1 aromatic heterocycles. The van der Waals surface area contributed by atoms with E-state index >= 15 is 0 Å². The average molecular weight is 485 g/mol. The number of fused-ring (bicyclic) bond motifs is 3. The number of aryl methyl sites for hydroxylation is 1. The Balaban J connectivity index is 1.92. The topological polar surface area (TPSA) is 92.0 Å². The minimum atomic E-state index is -0.622. The molecule has 0 atom stereocenters. The molecule has 4 aromatic rings. The van der Waals surface area contributed by atoms with E-state index in [9.17, 15) is 14.4 Å². The van der Waals surface area contributed by atoms with Gasteiger partial charge in [-0.3, -0.25) is 9.59 Å². The lowest BCUT2D eigenvalue weighted by atomic mass is 9.82. The maximum absolute atomic E-state index is 13.9. The van der Waals surface area contributed by atoms with Gasteiger partial charge in [-0.25, -0.2) is 4.79 Å². The van der Waals surface area contributed by atoms with Crippen molar-refractivity contribution in [3.8, 4) is 17.2 Å². The Bertz CT molecular complexity index is 1510. The molecule has 0 aliphatic heterocycles. The predicted octanol–water partition coefficient (Wildman–Crippen LogP) is 6.27. The number of ether oxygens (including phenoxy) is 3. The van der Waals surface area contributed by atoms with Crippen molar-refractivity contribution in [2.45, 2.75) is 27.2 Å². The molecule has 0 spiro atoms. The van der Waals surface area contributed by atoms with Crippen LogP contribution < -0.4 is 9.47 Å². The van der Waals surface area contributed by atoms with E-state index in [0.717, 1.165) is 0 Å². The Morgan fingerprint density at radius 2 is 1.47 bits per heavy atom. The summed E-state index contributed by atoms with van der Waals surface area (Å²) in [4.78, 5) is 40.8. The molecule has 1 aliphatic carbocycles. The highest BCUT2D eigenvalue weighted by atomic mass is 16.5. The van der Waals surface area contributed by atoms with E-state index in [-0.39, 0.29) is 75.0 Å². The molecule has 1 aliphatic rings. The van der Waals surface area contributed by atoms with Crippen LogP contribution in [-0.2, 0) is 4.74 Å². The van der Waals surface area contributed by atoms with Crippen molar-refractivity contribution in [3.63, 3.8) is 0 Å². The molecular weight excluding hydrogens is 460 g/mol. The van der Waals surface area contributed by atoms with Gasteiger partial charge in [0, 0.05) is 11.1 Å². The van der Waals surface area contributed by atoms with Crippen molar-refractivity contribution < 1.29 is 33.0 Å². The molecule has 3 aromatic carbocycles. The van der Waals surface area contributed by atoms with E-state index in [1.54, 1.807) is 62.4 Å². The summed E-state index contributed by atoms with van der Waals surface area (Å²) < 4.78 is 23.7. The highest BCUT2D eigenvalue weighted by molar-refractivity contribution is 6.33. The molecule has 36 heavy (non-hydrogen) atoms. The number of rotatable bonds is 7. The highest BCUT2D eigenvalue weighted by Gasteiger charge is 2.40.